The molecule has 2 saturated heterocycles. The quantitative estimate of drug-likeness (QED) is 0.701. The lowest BCUT2D eigenvalue weighted by Crippen LogP contribution is -2.56. The second kappa shape index (κ2) is 6.33. The first-order valence-corrected chi connectivity index (χ1v) is 6.62. The van der Waals surface area contributed by atoms with E-state index >= 15 is 0 Å². The molecule has 0 aromatic heterocycles. The Labute approximate surface area is 103 Å². The SMILES string of the molecule is C[C@H]1OCCN[C@@H]1C(=O)NCCN1CCCC1. The molecule has 2 rings (SSSR count). The largest absolute Gasteiger partial charge is 0.375 e. The van der Waals surface area contributed by atoms with Gasteiger partial charge in [-0.05, 0) is 32.9 Å². The summed E-state index contributed by atoms with van der Waals surface area (Å²) in [4.78, 5) is 14.3. The predicted molar refractivity (Wildman–Crippen MR) is 65.9 cm³/mol. The number of carbonyl (C=O) groups is 1. The summed E-state index contributed by atoms with van der Waals surface area (Å²) >= 11 is 0. The molecule has 2 heterocycles. The van der Waals surface area contributed by atoms with Crippen LogP contribution in [0.15, 0.2) is 0 Å². The van der Waals surface area contributed by atoms with Gasteiger partial charge in [-0.15, -0.1) is 0 Å². The van der Waals surface area contributed by atoms with E-state index in [1.54, 1.807) is 0 Å². The van der Waals surface area contributed by atoms with Crippen LogP contribution < -0.4 is 10.6 Å². The number of ether oxygens (including phenoxy) is 1. The normalized spacial score (nSPS) is 30.4. The van der Waals surface area contributed by atoms with Gasteiger partial charge in [-0.25, -0.2) is 0 Å². The summed E-state index contributed by atoms with van der Waals surface area (Å²) in [6.45, 7) is 7.45. The molecule has 0 radical (unpaired) electrons. The van der Waals surface area contributed by atoms with Crippen LogP contribution in [-0.4, -0.2) is 62.3 Å². The molecule has 0 aliphatic carbocycles. The minimum absolute atomic E-state index is 0.0319. The summed E-state index contributed by atoms with van der Waals surface area (Å²) < 4.78 is 5.46. The van der Waals surface area contributed by atoms with Gasteiger partial charge < -0.3 is 20.3 Å². The van der Waals surface area contributed by atoms with E-state index < -0.39 is 0 Å². The van der Waals surface area contributed by atoms with Gasteiger partial charge in [-0.3, -0.25) is 4.79 Å². The fourth-order valence-electron chi connectivity index (χ4n) is 2.48. The molecule has 2 fully saturated rings. The summed E-state index contributed by atoms with van der Waals surface area (Å²) in [5.41, 5.74) is 0. The zero-order chi connectivity index (χ0) is 12.1. The number of likely N-dealkylation sites (tertiary alicyclic amines) is 1. The van der Waals surface area contributed by atoms with E-state index in [1.807, 2.05) is 6.92 Å². The lowest BCUT2D eigenvalue weighted by Gasteiger charge is -2.29. The van der Waals surface area contributed by atoms with Gasteiger partial charge in [0, 0.05) is 19.6 Å². The molecule has 0 aromatic rings. The van der Waals surface area contributed by atoms with Crippen molar-refractivity contribution in [1.82, 2.24) is 15.5 Å². The molecule has 17 heavy (non-hydrogen) atoms. The molecular weight excluding hydrogens is 218 g/mol. The molecule has 0 unspecified atom stereocenters. The Morgan fingerprint density at radius 3 is 2.94 bits per heavy atom. The number of carbonyl (C=O) groups excluding carboxylic acids is 1. The van der Waals surface area contributed by atoms with Gasteiger partial charge in [0.1, 0.15) is 6.04 Å². The highest BCUT2D eigenvalue weighted by atomic mass is 16.5. The maximum Gasteiger partial charge on any atom is 0.239 e. The number of morpholine rings is 1. The van der Waals surface area contributed by atoms with E-state index in [0.29, 0.717) is 6.61 Å². The molecular formula is C12H23N3O2. The zero-order valence-corrected chi connectivity index (χ0v) is 10.6. The Balaban J connectivity index is 1.65. The zero-order valence-electron chi connectivity index (χ0n) is 10.6. The molecule has 2 aliphatic rings. The van der Waals surface area contributed by atoms with Crippen molar-refractivity contribution in [2.75, 3.05) is 39.3 Å². The first-order valence-electron chi connectivity index (χ1n) is 6.62. The second-order valence-electron chi connectivity index (χ2n) is 4.85. The molecule has 2 N–H and O–H groups in total. The van der Waals surface area contributed by atoms with Gasteiger partial charge in [0.05, 0.1) is 12.7 Å². The average Bonchev–Trinajstić information content (AvgIpc) is 2.82. The Hall–Kier alpha value is -0.650. The smallest absolute Gasteiger partial charge is 0.239 e. The van der Waals surface area contributed by atoms with Gasteiger partial charge in [0.15, 0.2) is 0 Å². The summed E-state index contributed by atoms with van der Waals surface area (Å²) in [5, 5.41) is 6.18. The minimum Gasteiger partial charge on any atom is -0.375 e. The van der Waals surface area contributed by atoms with Gasteiger partial charge >= 0.3 is 0 Å². The number of rotatable bonds is 4. The number of amides is 1. The summed E-state index contributed by atoms with van der Waals surface area (Å²) in [6.07, 6.45) is 2.56. The number of nitrogens with zero attached hydrogens (tertiary/aromatic N) is 1. The Bertz CT molecular complexity index is 254. The van der Waals surface area contributed by atoms with Crippen LogP contribution in [0.5, 0.6) is 0 Å². The standard InChI is InChI=1S/C12H23N3O2/c1-10-11(13-5-9-17-10)12(16)14-4-8-15-6-2-3-7-15/h10-11,13H,2-9H2,1H3,(H,14,16)/t10-,11+/m1/s1. The number of hydrogen-bond acceptors (Lipinski definition) is 4. The second-order valence-corrected chi connectivity index (χ2v) is 4.85. The van der Waals surface area contributed by atoms with Crippen molar-refractivity contribution >= 4 is 5.91 Å². The molecule has 1 amide bonds. The van der Waals surface area contributed by atoms with Crippen molar-refractivity contribution in [3.05, 3.63) is 0 Å². The van der Waals surface area contributed by atoms with Gasteiger partial charge in [-0.2, -0.15) is 0 Å². The Morgan fingerprint density at radius 1 is 1.47 bits per heavy atom. The first-order chi connectivity index (χ1) is 8.27. The third-order valence-electron chi connectivity index (χ3n) is 3.52. The predicted octanol–water partition coefficient (Wildman–Crippen LogP) is -0.425. The monoisotopic (exact) mass is 241 g/mol. The third kappa shape index (κ3) is 3.66. The summed E-state index contributed by atoms with van der Waals surface area (Å²) in [7, 11) is 0. The molecule has 5 heteroatoms. The van der Waals surface area contributed by atoms with Crippen LogP contribution in [0.1, 0.15) is 19.8 Å². The summed E-state index contributed by atoms with van der Waals surface area (Å²) in [6, 6.07) is -0.192. The fourth-order valence-corrected chi connectivity index (χ4v) is 2.48. The highest BCUT2D eigenvalue weighted by Gasteiger charge is 2.27. The fraction of sp³-hybridized carbons (Fsp3) is 0.917. The van der Waals surface area contributed by atoms with Crippen LogP contribution in [0, 0.1) is 0 Å². The molecule has 5 nitrogen and oxygen atoms in total. The molecule has 0 bridgehead atoms. The van der Waals surface area contributed by atoms with Gasteiger partial charge in [0.25, 0.3) is 0 Å². The maximum atomic E-state index is 11.9. The average molecular weight is 241 g/mol. The van der Waals surface area contributed by atoms with E-state index in [1.165, 1.54) is 25.9 Å². The van der Waals surface area contributed by atoms with Crippen LogP contribution in [0.25, 0.3) is 0 Å². The van der Waals surface area contributed by atoms with Crippen LogP contribution in [0.4, 0.5) is 0 Å². The van der Waals surface area contributed by atoms with E-state index in [-0.39, 0.29) is 18.1 Å². The molecule has 0 saturated carbocycles. The number of nitrogens with one attached hydrogen (secondary N) is 2. The lowest BCUT2D eigenvalue weighted by atomic mass is 10.1. The number of hydrogen-bond donors (Lipinski definition) is 2. The van der Waals surface area contributed by atoms with Crippen molar-refractivity contribution in [2.24, 2.45) is 0 Å². The van der Waals surface area contributed by atoms with Crippen molar-refractivity contribution in [3.8, 4) is 0 Å². The van der Waals surface area contributed by atoms with E-state index in [2.05, 4.69) is 15.5 Å². The Morgan fingerprint density at radius 2 is 2.24 bits per heavy atom. The van der Waals surface area contributed by atoms with Gasteiger partial charge in [-0.1, -0.05) is 0 Å². The van der Waals surface area contributed by atoms with Gasteiger partial charge in [0.2, 0.25) is 5.91 Å². The Kier molecular flexibility index (Phi) is 4.76. The molecule has 0 aromatic carbocycles. The topological polar surface area (TPSA) is 53.6 Å². The van der Waals surface area contributed by atoms with Crippen molar-refractivity contribution in [1.29, 1.82) is 0 Å². The van der Waals surface area contributed by atoms with E-state index in [0.717, 1.165) is 19.6 Å². The molecule has 2 aliphatic heterocycles. The van der Waals surface area contributed by atoms with Crippen LogP contribution >= 0.6 is 0 Å². The lowest BCUT2D eigenvalue weighted by molar-refractivity contribution is -0.128. The summed E-state index contributed by atoms with van der Waals surface area (Å²) in [5.74, 6) is 0.0661. The molecule has 0 spiro atoms. The van der Waals surface area contributed by atoms with E-state index in [9.17, 15) is 4.79 Å². The minimum atomic E-state index is -0.192. The highest BCUT2D eigenvalue weighted by molar-refractivity contribution is 5.82. The highest BCUT2D eigenvalue weighted by Crippen LogP contribution is 2.06. The molecule has 2 atom stereocenters. The molecule has 98 valence electrons. The third-order valence-corrected chi connectivity index (χ3v) is 3.52. The van der Waals surface area contributed by atoms with Crippen molar-refractivity contribution in [3.63, 3.8) is 0 Å². The van der Waals surface area contributed by atoms with E-state index in [4.69, 9.17) is 4.74 Å². The van der Waals surface area contributed by atoms with Crippen LogP contribution in [-0.2, 0) is 9.53 Å². The van der Waals surface area contributed by atoms with Crippen molar-refractivity contribution < 1.29 is 9.53 Å². The maximum absolute atomic E-state index is 11.9. The van der Waals surface area contributed by atoms with Crippen LogP contribution in [0.2, 0.25) is 0 Å². The first kappa shape index (κ1) is 12.8. The van der Waals surface area contributed by atoms with Crippen LogP contribution in [0.3, 0.4) is 0 Å². The van der Waals surface area contributed by atoms with Crippen molar-refractivity contribution in [2.45, 2.75) is 31.9 Å².